The first-order chi connectivity index (χ1) is 15.1. The number of rotatable bonds is 5. The minimum atomic E-state index is -0.551. The molecule has 1 amide bonds. The van der Waals surface area contributed by atoms with Gasteiger partial charge >= 0.3 is 0 Å². The smallest absolute Gasteiger partial charge is 0.262 e. The van der Waals surface area contributed by atoms with E-state index in [1.165, 1.54) is 0 Å². The highest BCUT2D eigenvalue weighted by Crippen LogP contribution is 2.41. The highest BCUT2D eigenvalue weighted by molar-refractivity contribution is 7.18. The van der Waals surface area contributed by atoms with E-state index in [4.69, 9.17) is 9.26 Å². The van der Waals surface area contributed by atoms with Crippen LogP contribution in [0.5, 0.6) is 0 Å². The molecule has 1 aliphatic heterocycles. The molecule has 0 atom stereocenters. The third kappa shape index (κ3) is 3.97. The fourth-order valence-corrected chi connectivity index (χ4v) is 5.60. The van der Waals surface area contributed by atoms with E-state index in [9.17, 15) is 4.79 Å². The zero-order chi connectivity index (χ0) is 21.3. The lowest BCUT2D eigenvalue weighted by Gasteiger charge is -2.28. The monoisotopic (exact) mass is 438 g/mol. The molecule has 3 aromatic rings. The molecule has 162 valence electrons. The summed E-state index contributed by atoms with van der Waals surface area (Å²) < 4.78 is 10.8. The van der Waals surface area contributed by atoms with Crippen LogP contribution in [-0.4, -0.2) is 42.4 Å². The van der Waals surface area contributed by atoms with E-state index in [0.717, 1.165) is 54.9 Å². The molecule has 2 aromatic heterocycles. The average molecular weight is 439 g/mol. The number of benzene rings is 1. The van der Waals surface area contributed by atoms with Crippen LogP contribution in [-0.2, 0) is 10.3 Å². The molecule has 2 fully saturated rings. The molecule has 31 heavy (non-hydrogen) atoms. The minimum absolute atomic E-state index is 0.0777. The van der Waals surface area contributed by atoms with Crippen LogP contribution >= 0.6 is 11.3 Å². The van der Waals surface area contributed by atoms with Gasteiger partial charge in [0, 0.05) is 25.6 Å². The number of nitrogens with zero attached hydrogens (tertiary/aromatic N) is 3. The summed E-state index contributed by atoms with van der Waals surface area (Å²) in [5.74, 6) is 1.03. The molecule has 1 aromatic carbocycles. The van der Waals surface area contributed by atoms with E-state index in [1.54, 1.807) is 18.3 Å². The summed E-state index contributed by atoms with van der Waals surface area (Å²) in [5, 5.41) is 8.54. The third-order valence-corrected chi connectivity index (χ3v) is 7.28. The lowest BCUT2D eigenvalue weighted by atomic mass is 9.96. The Morgan fingerprint density at radius 1 is 1.16 bits per heavy atom. The second kappa shape index (κ2) is 8.43. The van der Waals surface area contributed by atoms with Crippen molar-refractivity contribution in [2.75, 3.05) is 31.2 Å². The van der Waals surface area contributed by atoms with Crippen molar-refractivity contribution in [1.82, 2.24) is 15.5 Å². The van der Waals surface area contributed by atoms with Crippen LogP contribution in [0.25, 0.3) is 11.1 Å². The van der Waals surface area contributed by atoms with Crippen LogP contribution in [0, 0.1) is 6.92 Å². The Kier molecular flexibility index (Phi) is 5.50. The number of carbonyl (C=O) groups is 1. The number of hydrogen-bond acceptors (Lipinski definition) is 7. The van der Waals surface area contributed by atoms with Gasteiger partial charge in [0.25, 0.3) is 5.91 Å². The fraction of sp³-hybridized carbons (Fsp3) is 0.435. The van der Waals surface area contributed by atoms with Crippen molar-refractivity contribution in [3.8, 4) is 11.1 Å². The van der Waals surface area contributed by atoms with Crippen molar-refractivity contribution in [2.24, 2.45) is 0 Å². The summed E-state index contributed by atoms with van der Waals surface area (Å²) >= 11 is 1.55. The third-order valence-electron chi connectivity index (χ3n) is 6.08. The number of carbonyl (C=O) groups excluding carboxylic acids is 1. The molecule has 8 heteroatoms. The summed E-state index contributed by atoms with van der Waals surface area (Å²) in [6.07, 6.45) is 3.72. The lowest BCUT2D eigenvalue weighted by molar-refractivity contribution is 0.0896. The van der Waals surface area contributed by atoms with E-state index >= 15 is 0 Å². The van der Waals surface area contributed by atoms with Crippen LogP contribution < -0.4 is 10.2 Å². The van der Waals surface area contributed by atoms with Gasteiger partial charge in [-0.2, -0.15) is 4.98 Å². The maximum Gasteiger partial charge on any atom is 0.262 e. The Balaban J connectivity index is 1.48. The number of thiophene rings is 1. The summed E-state index contributed by atoms with van der Waals surface area (Å²) in [7, 11) is 0. The molecule has 5 rings (SSSR count). The number of morpholine rings is 1. The highest BCUT2D eigenvalue weighted by atomic mass is 32.1. The molecule has 1 saturated carbocycles. The van der Waals surface area contributed by atoms with Gasteiger partial charge in [-0.25, -0.2) is 0 Å². The number of hydrogen-bond donors (Lipinski definition) is 1. The lowest BCUT2D eigenvalue weighted by Crippen LogP contribution is -2.44. The van der Waals surface area contributed by atoms with Crippen molar-refractivity contribution < 1.29 is 14.1 Å². The van der Waals surface area contributed by atoms with Gasteiger partial charge in [0.1, 0.15) is 5.54 Å². The molecular weight excluding hydrogens is 412 g/mol. The standard InChI is InChI=1S/C23H26N4O3S/c1-16-24-22(26-30-16)23(9-5-6-10-23)25-20(28)19-15-18(17-7-3-2-4-8-17)21(31-19)27-11-13-29-14-12-27/h2-4,7-8,15H,5-6,9-14H2,1H3,(H,25,28). The first-order valence-electron chi connectivity index (χ1n) is 10.8. The molecule has 7 nitrogen and oxygen atoms in total. The summed E-state index contributed by atoms with van der Waals surface area (Å²) in [6, 6.07) is 12.3. The maximum absolute atomic E-state index is 13.4. The quantitative estimate of drug-likeness (QED) is 0.645. The Hall–Kier alpha value is -2.71. The SMILES string of the molecule is Cc1nc(C2(NC(=O)c3cc(-c4ccccc4)c(N4CCOCC4)s3)CCCC2)no1. The van der Waals surface area contributed by atoms with Crippen molar-refractivity contribution >= 4 is 22.2 Å². The zero-order valence-electron chi connectivity index (χ0n) is 17.6. The van der Waals surface area contributed by atoms with Gasteiger partial charge in [0.05, 0.1) is 23.1 Å². The predicted molar refractivity (Wildman–Crippen MR) is 119 cm³/mol. The molecule has 1 saturated heterocycles. The fourth-order valence-electron chi connectivity index (χ4n) is 4.47. The molecule has 1 N–H and O–H groups in total. The molecule has 1 aliphatic carbocycles. The molecule has 2 aliphatic rings. The number of aryl methyl sites for hydroxylation is 1. The molecule has 0 bridgehead atoms. The second-order valence-corrected chi connectivity index (χ2v) is 9.21. The topological polar surface area (TPSA) is 80.5 Å². The van der Waals surface area contributed by atoms with Crippen molar-refractivity contribution in [1.29, 1.82) is 0 Å². The molecular formula is C23H26N4O3S. The molecule has 0 spiro atoms. The van der Waals surface area contributed by atoms with Gasteiger partial charge in [-0.15, -0.1) is 11.3 Å². The van der Waals surface area contributed by atoms with Crippen LogP contribution in [0.4, 0.5) is 5.00 Å². The molecule has 0 unspecified atom stereocenters. The zero-order valence-corrected chi connectivity index (χ0v) is 18.4. The Morgan fingerprint density at radius 2 is 1.90 bits per heavy atom. The van der Waals surface area contributed by atoms with E-state index in [1.807, 2.05) is 24.3 Å². The van der Waals surface area contributed by atoms with Gasteiger partial charge in [0.15, 0.2) is 5.82 Å². The van der Waals surface area contributed by atoms with Gasteiger partial charge in [-0.1, -0.05) is 48.3 Å². The largest absolute Gasteiger partial charge is 0.378 e. The molecule has 0 radical (unpaired) electrons. The van der Waals surface area contributed by atoms with Gasteiger partial charge < -0.3 is 19.5 Å². The van der Waals surface area contributed by atoms with Crippen LogP contribution in [0.2, 0.25) is 0 Å². The van der Waals surface area contributed by atoms with E-state index in [-0.39, 0.29) is 5.91 Å². The van der Waals surface area contributed by atoms with Crippen molar-refractivity contribution in [2.45, 2.75) is 38.1 Å². The summed E-state index contributed by atoms with van der Waals surface area (Å²) in [6.45, 7) is 4.84. The van der Waals surface area contributed by atoms with Crippen LogP contribution in [0.1, 0.15) is 47.1 Å². The normalized spacial score (nSPS) is 18.3. The van der Waals surface area contributed by atoms with Gasteiger partial charge in [-0.3, -0.25) is 4.79 Å². The van der Waals surface area contributed by atoms with E-state index in [0.29, 0.717) is 29.8 Å². The first kappa shape index (κ1) is 20.2. The van der Waals surface area contributed by atoms with Crippen molar-refractivity contribution in [3.05, 3.63) is 53.0 Å². The Bertz CT molecular complexity index is 1050. The summed E-state index contributed by atoms with van der Waals surface area (Å²) in [4.78, 5) is 20.9. The van der Waals surface area contributed by atoms with E-state index < -0.39 is 5.54 Å². The van der Waals surface area contributed by atoms with Gasteiger partial charge in [-0.05, 0) is 24.5 Å². The van der Waals surface area contributed by atoms with Gasteiger partial charge in [0.2, 0.25) is 5.89 Å². The number of nitrogens with one attached hydrogen (secondary N) is 1. The number of anilines is 1. The number of amides is 1. The van der Waals surface area contributed by atoms with Crippen LogP contribution in [0.15, 0.2) is 40.9 Å². The van der Waals surface area contributed by atoms with Crippen molar-refractivity contribution in [3.63, 3.8) is 0 Å². The Morgan fingerprint density at radius 3 is 2.58 bits per heavy atom. The Labute approximate surface area is 185 Å². The molecule has 3 heterocycles. The van der Waals surface area contributed by atoms with E-state index in [2.05, 4.69) is 32.5 Å². The highest BCUT2D eigenvalue weighted by Gasteiger charge is 2.41. The summed E-state index contributed by atoms with van der Waals surface area (Å²) in [5.41, 5.74) is 1.66. The number of aromatic nitrogens is 2. The first-order valence-corrected chi connectivity index (χ1v) is 11.6. The van der Waals surface area contributed by atoms with Crippen LogP contribution in [0.3, 0.4) is 0 Å². The second-order valence-electron chi connectivity index (χ2n) is 8.18. The minimum Gasteiger partial charge on any atom is -0.378 e. The predicted octanol–water partition coefficient (Wildman–Crippen LogP) is 4.14. The maximum atomic E-state index is 13.4. The average Bonchev–Trinajstić information content (AvgIpc) is 3.55. The number of ether oxygens (including phenoxy) is 1.